The Kier molecular flexibility index (Phi) is 6.25. The van der Waals surface area contributed by atoms with Crippen molar-refractivity contribution in [1.82, 2.24) is 10.6 Å². The smallest absolute Gasteiger partial charge is 0.338 e. The van der Waals surface area contributed by atoms with Gasteiger partial charge in [-0.15, -0.1) is 0 Å². The third-order valence-corrected chi connectivity index (χ3v) is 4.22. The minimum atomic E-state index is -0.639. The third-order valence-electron chi connectivity index (χ3n) is 3.72. The summed E-state index contributed by atoms with van der Waals surface area (Å²) in [5.41, 5.74) is 1.54. The van der Waals surface area contributed by atoms with Crippen molar-refractivity contribution in [2.45, 2.75) is 32.7 Å². The second-order valence-electron chi connectivity index (χ2n) is 5.45. The molecule has 24 heavy (non-hydrogen) atoms. The number of allylic oxidation sites excluding steroid dienone is 1. The Morgan fingerprint density at radius 1 is 1.38 bits per heavy atom. The van der Waals surface area contributed by atoms with Gasteiger partial charge in [0.25, 0.3) is 0 Å². The van der Waals surface area contributed by atoms with Gasteiger partial charge in [0.2, 0.25) is 0 Å². The average Bonchev–Trinajstić information content (AvgIpc) is 2.54. The normalized spacial score (nSPS) is 17.2. The number of halogens is 1. The highest BCUT2D eigenvalue weighted by Gasteiger charge is 2.34. The number of amides is 2. The van der Waals surface area contributed by atoms with Crippen molar-refractivity contribution in [3.05, 3.63) is 39.5 Å². The summed E-state index contributed by atoms with van der Waals surface area (Å²) >= 11 is 3.41. The number of carbonyl (C=O) groups excluding carboxylic acids is 2. The highest BCUT2D eigenvalue weighted by atomic mass is 79.9. The van der Waals surface area contributed by atoms with Crippen LogP contribution in [0.3, 0.4) is 0 Å². The van der Waals surface area contributed by atoms with Crippen LogP contribution in [0.25, 0.3) is 0 Å². The standard InChI is InChI=1S/C17H21BrN2O4/c1-4-5-8-24-16(21)14-10(2)19-17(22)20-15(14)12-9-11(18)6-7-13(12)23-3/h6-7,9,15H,4-5,8H2,1-3H3,(H2,19,20,22)/t15-/m0/s1. The van der Waals surface area contributed by atoms with Crippen LogP contribution in [-0.2, 0) is 9.53 Å². The predicted molar refractivity (Wildman–Crippen MR) is 93.7 cm³/mol. The SMILES string of the molecule is CCCCOC(=O)C1=C(C)NC(=O)N[C@H]1c1cc(Br)ccc1OC. The Morgan fingerprint density at radius 2 is 2.12 bits per heavy atom. The van der Waals surface area contributed by atoms with E-state index in [0.29, 0.717) is 29.2 Å². The zero-order valence-electron chi connectivity index (χ0n) is 13.9. The van der Waals surface area contributed by atoms with Crippen molar-refractivity contribution >= 4 is 27.9 Å². The molecule has 1 aromatic carbocycles. The zero-order chi connectivity index (χ0) is 17.7. The minimum Gasteiger partial charge on any atom is -0.496 e. The fourth-order valence-corrected chi connectivity index (χ4v) is 2.89. The molecule has 0 aromatic heterocycles. The molecule has 1 aromatic rings. The first-order valence-corrected chi connectivity index (χ1v) is 8.56. The molecular formula is C17H21BrN2O4. The molecule has 0 fully saturated rings. The molecule has 1 aliphatic heterocycles. The zero-order valence-corrected chi connectivity index (χ0v) is 15.5. The summed E-state index contributed by atoms with van der Waals surface area (Å²) < 4.78 is 11.5. The number of hydrogen-bond donors (Lipinski definition) is 2. The monoisotopic (exact) mass is 396 g/mol. The van der Waals surface area contributed by atoms with Gasteiger partial charge in [-0.05, 0) is 31.5 Å². The molecule has 0 saturated heterocycles. The first-order chi connectivity index (χ1) is 11.5. The highest BCUT2D eigenvalue weighted by Crippen LogP contribution is 2.35. The first kappa shape index (κ1) is 18.3. The molecule has 1 atom stereocenters. The predicted octanol–water partition coefficient (Wildman–Crippen LogP) is 3.43. The van der Waals surface area contributed by atoms with Crippen molar-refractivity contribution in [3.8, 4) is 5.75 Å². The number of benzene rings is 1. The van der Waals surface area contributed by atoms with Crippen LogP contribution < -0.4 is 15.4 Å². The summed E-state index contributed by atoms with van der Waals surface area (Å²) in [7, 11) is 1.55. The van der Waals surface area contributed by atoms with Crippen molar-refractivity contribution in [2.75, 3.05) is 13.7 Å². The summed E-state index contributed by atoms with van der Waals surface area (Å²) in [6.45, 7) is 4.06. The van der Waals surface area contributed by atoms with Gasteiger partial charge in [-0.3, -0.25) is 0 Å². The number of rotatable bonds is 6. The fourth-order valence-electron chi connectivity index (χ4n) is 2.52. The van der Waals surface area contributed by atoms with Crippen LogP contribution in [0.15, 0.2) is 33.9 Å². The molecule has 0 spiro atoms. The van der Waals surface area contributed by atoms with Crippen molar-refractivity contribution in [1.29, 1.82) is 0 Å². The van der Waals surface area contributed by atoms with Gasteiger partial charge in [0, 0.05) is 15.7 Å². The Balaban J connectivity index is 2.41. The number of methoxy groups -OCH3 is 1. The molecule has 2 rings (SSSR count). The summed E-state index contributed by atoms with van der Waals surface area (Å²) in [6, 6.07) is 4.43. The van der Waals surface area contributed by atoms with E-state index in [9.17, 15) is 9.59 Å². The lowest BCUT2D eigenvalue weighted by Gasteiger charge is -2.29. The van der Waals surface area contributed by atoms with Crippen LogP contribution in [0.5, 0.6) is 5.75 Å². The van der Waals surface area contributed by atoms with E-state index >= 15 is 0 Å². The lowest BCUT2D eigenvalue weighted by Crippen LogP contribution is -2.45. The van der Waals surface area contributed by atoms with Gasteiger partial charge in [0.05, 0.1) is 25.3 Å². The summed E-state index contributed by atoms with van der Waals surface area (Å²) in [5, 5.41) is 5.41. The van der Waals surface area contributed by atoms with Gasteiger partial charge in [0.1, 0.15) is 5.75 Å². The maximum absolute atomic E-state index is 12.5. The van der Waals surface area contributed by atoms with E-state index < -0.39 is 12.0 Å². The van der Waals surface area contributed by atoms with Crippen molar-refractivity contribution in [3.63, 3.8) is 0 Å². The molecular weight excluding hydrogens is 376 g/mol. The lowest BCUT2D eigenvalue weighted by molar-refractivity contribution is -0.139. The molecule has 0 saturated carbocycles. The first-order valence-electron chi connectivity index (χ1n) is 7.76. The van der Waals surface area contributed by atoms with E-state index in [0.717, 1.165) is 17.3 Å². The number of carbonyl (C=O) groups is 2. The third kappa shape index (κ3) is 4.08. The van der Waals surface area contributed by atoms with Crippen LogP contribution in [0.1, 0.15) is 38.3 Å². The summed E-state index contributed by atoms with van der Waals surface area (Å²) in [4.78, 5) is 24.4. The van der Waals surface area contributed by atoms with Crippen molar-refractivity contribution < 1.29 is 19.1 Å². The Labute approximate surface area is 149 Å². The van der Waals surface area contributed by atoms with E-state index in [2.05, 4.69) is 26.6 Å². The molecule has 1 heterocycles. The van der Waals surface area contributed by atoms with Gasteiger partial charge in [0.15, 0.2) is 0 Å². The Hall–Kier alpha value is -2.02. The minimum absolute atomic E-state index is 0.350. The fraction of sp³-hybridized carbons (Fsp3) is 0.412. The van der Waals surface area contributed by atoms with E-state index in [1.54, 1.807) is 20.1 Å². The second kappa shape index (κ2) is 8.19. The van der Waals surface area contributed by atoms with E-state index in [1.165, 1.54) is 0 Å². The summed E-state index contributed by atoms with van der Waals surface area (Å²) in [6.07, 6.45) is 1.73. The molecule has 1 aliphatic rings. The molecule has 0 unspecified atom stereocenters. The van der Waals surface area contributed by atoms with Crippen LogP contribution >= 0.6 is 15.9 Å². The lowest BCUT2D eigenvalue weighted by atomic mass is 9.95. The number of esters is 1. The maximum Gasteiger partial charge on any atom is 0.338 e. The van der Waals surface area contributed by atoms with Crippen LogP contribution in [0, 0.1) is 0 Å². The Morgan fingerprint density at radius 3 is 2.79 bits per heavy atom. The number of unbranched alkanes of at least 4 members (excludes halogenated alkanes) is 1. The van der Waals surface area contributed by atoms with Gasteiger partial charge in [-0.2, -0.15) is 0 Å². The molecule has 0 bridgehead atoms. The number of nitrogens with one attached hydrogen (secondary N) is 2. The average molecular weight is 397 g/mol. The molecule has 2 N–H and O–H groups in total. The van der Waals surface area contributed by atoms with E-state index in [1.807, 2.05) is 19.1 Å². The topological polar surface area (TPSA) is 76.7 Å². The molecule has 7 heteroatoms. The van der Waals surface area contributed by atoms with Crippen LogP contribution in [-0.4, -0.2) is 25.7 Å². The maximum atomic E-state index is 12.5. The van der Waals surface area contributed by atoms with Crippen LogP contribution in [0.2, 0.25) is 0 Å². The molecule has 130 valence electrons. The van der Waals surface area contributed by atoms with Gasteiger partial charge >= 0.3 is 12.0 Å². The quantitative estimate of drug-likeness (QED) is 0.570. The molecule has 6 nitrogen and oxygen atoms in total. The molecule has 0 radical (unpaired) electrons. The van der Waals surface area contributed by atoms with Gasteiger partial charge < -0.3 is 20.1 Å². The molecule has 0 aliphatic carbocycles. The number of urea groups is 1. The van der Waals surface area contributed by atoms with E-state index in [-0.39, 0.29) is 6.03 Å². The van der Waals surface area contributed by atoms with Gasteiger partial charge in [-0.1, -0.05) is 29.3 Å². The van der Waals surface area contributed by atoms with Gasteiger partial charge in [-0.25, -0.2) is 9.59 Å². The van der Waals surface area contributed by atoms with Crippen LogP contribution in [0.4, 0.5) is 4.79 Å². The largest absolute Gasteiger partial charge is 0.496 e. The number of hydrogen-bond acceptors (Lipinski definition) is 4. The summed E-state index contributed by atoms with van der Waals surface area (Å²) in [5.74, 6) is 0.137. The van der Waals surface area contributed by atoms with E-state index in [4.69, 9.17) is 9.47 Å². The number of ether oxygens (including phenoxy) is 2. The Bertz CT molecular complexity index is 673. The van der Waals surface area contributed by atoms with Crippen molar-refractivity contribution in [2.24, 2.45) is 0 Å². The second-order valence-corrected chi connectivity index (χ2v) is 6.36. The molecule has 2 amide bonds. The highest BCUT2D eigenvalue weighted by molar-refractivity contribution is 9.10.